The van der Waals surface area contributed by atoms with Crippen molar-refractivity contribution in [3.8, 4) is 0 Å². The molecule has 0 unspecified atom stereocenters. The van der Waals surface area contributed by atoms with E-state index < -0.39 is 60.2 Å². The number of β-amino-alcohol motifs (C(OH)–C–C–N with tert-alkyl or cyclic N) is 1. The van der Waals surface area contributed by atoms with E-state index in [9.17, 15) is 27.6 Å². The smallest absolute Gasteiger partial charge is 0.317 e. The van der Waals surface area contributed by atoms with Crippen molar-refractivity contribution in [2.45, 2.75) is 0 Å². The molecule has 0 aromatic carbocycles. The van der Waals surface area contributed by atoms with Crippen LogP contribution >= 0.6 is 0 Å². The summed E-state index contributed by atoms with van der Waals surface area (Å²) in [4.78, 5) is 48.5. The largest absolute Gasteiger partial charge is 0.480 e. The monoisotopic (exact) mass is 530 g/mol. The number of hydrogen-bond donors (Lipinski definition) is 6. The fourth-order valence-electron chi connectivity index (χ4n) is 3.10. The standard InChI is InChI=1S/C10H16N2O8.C8H18N2O4S/c13-7(14)3-11(4-8(15)16)1-2-12(5-9(17)18)6-10(19)20;11-7-5-9-1-3-10(4-2-9)6-8-15(12,13)14/h1-6H2,(H,13,14)(H,15,16)(H,17,18)(H,19,20);11H,1-8H2,(H,12,13,14). The van der Waals surface area contributed by atoms with Crippen LogP contribution in [0.1, 0.15) is 0 Å². The Hall–Kier alpha value is -2.41. The minimum Gasteiger partial charge on any atom is -0.480 e. The van der Waals surface area contributed by atoms with Gasteiger partial charge in [0.1, 0.15) is 0 Å². The Bertz CT molecular complexity index is 718. The summed E-state index contributed by atoms with van der Waals surface area (Å²) in [6.07, 6.45) is 0. The van der Waals surface area contributed by atoms with Gasteiger partial charge < -0.3 is 25.5 Å². The third-order valence-corrected chi connectivity index (χ3v) is 5.41. The molecule has 1 saturated heterocycles. The van der Waals surface area contributed by atoms with E-state index in [4.69, 9.17) is 30.1 Å². The van der Waals surface area contributed by atoms with Gasteiger partial charge in [-0.3, -0.25) is 43.3 Å². The minimum atomic E-state index is -3.84. The summed E-state index contributed by atoms with van der Waals surface area (Å²) in [5.74, 6) is -5.11. The van der Waals surface area contributed by atoms with Crippen LogP contribution in [0, 0.1) is 0 Å². The van der Waals surface area contributed by atoms with E-state index >= 15 is 0 Å². The molecule has 16 nitrogen and oxygen atoms in total. The van der Waals surface area contributed by atoms with Crippen LogP contribution in [-0.2, 0) is 29.3 Å². The highest BCUT2D eigenvalue weighted by Gasteiger charge is 2.19. The Morgan fingerprint density at radius 2 is 0.971 bits per heavy atom. The third kappa shape index (κ3) is 19.6. The molecular weight excluding hydrogens is 496 g/mol. The van der Waals surface area contributed by atoms with Gasteiger partial charge >= 0.3 is 23.9 Å². The second-order valence-electron chi connectivity index (χ2n) is 7.69. The lowest BCUT2D eigenvalue weighted by Gasteiger charge is -2.33. The van der Waals surface area contributed by atoms with Gasteiger partial charge in [0.25, 0.3) is 10.1 Å². The van der Waals surface area contributed by atoms with E-state index in [2.05, 4.69) is 4.90 Å². The van der Waals surface area contributed by atoms with E-state index in [0.717, 1.165) is 36.0 Å². The zero-order chi connectivity index (χ0) is 27.0. The molecule has 1 aliphatic heterocycles. The molecule has 1 aliphatic rings. The Morgan fingerprint density at radius 1 is 0.657 bits per heavy atom. The van der Waals surface area contributed by atoms with Crippen molar-refractivity contribution in [2.75, 3.05) is 90.9 Å². The fraction of sp³-hybridized carbons (Fsp3) is 0.778. The van der Waals surface area contributed by atoms with E-state index in [1.54, 1.807) is 0 Å². The maximum absolute atomic E-state index is 10.6. The highest BCUT2D eigenvalue weighted by molar-refractivity contribution is 7.85. The normalized spacial score (nSPS) is 15.0. The molecular formula is C18H34N4O12S. The number of aliphatic hydroxyl groups excluding tert-OH is 1. The van der Waals surface area contributed by atoms with E-state index in [1.807, 2.05) is 4.90 Å². The van der Waals surface area contributed by atoms with Crippen LogP contribution in [-0.4, -0.2) is 173 Å². The van der Waals surface area contributed by atoms with Gasteiger partial charge in [-0.25, -0.2) is 0 Å². The Labute approximate surface area is 202 Å². The summed E-state index contributed by atoms with van der Waals surface area (Å²) in [6, 6.07) is 0. The Balaban J connectivity index is 0.000000686. The molecule has 0 atom stereocenters. The molecule has 0 saturated carbocycles. The topological polar surface area (TPSA) is 237 Å². The third-order valence-electron chi connectivity index (χ3n) is 4.71. The number of rotatable bonds is 16. The molecule has 0 bridgehead atoms. The molecule has 6 N–H and O–H groups in total. The lowest BCUT2D eigenvalue weighted by Crippen LogP contribution is -2.48. The lowest BCUT2D eigenvalue weighted by atomic mass is 10.3. The highest BCUT2D eigenvalue weighted by atomic mass is 32.2. The van der Waals surface area contributed by atoms with E-state index in [1.165, 1.54) is 0 Å². The second-order valence-corrected chi connectivity index (χ2v) is 9.26. The molecule has 0 aliphatic carbocycles. The molecule has 17 heteroatoms. The van der Waals surface area contributed by atoms with Crippen molar-refractivity contribution >= 4 is 34.0 Å². The maximum atomic E-state index is 10.6. The van der Waals surface area contributed by atoms with Crippen molar-refractivity contribution in [3.63, 3.8) is 0 Å². The number of carbonyl (C=O) groups is 4. The number of nitrogens with zero attached hydrogens (tertiary/aromatic N) is 4. The highest BCUT2D eigenvalue weighted by Crippen LogP contribution is 2.01. The summed E-state index contributed by atoms with van der Waals surface area (Å²) in [5, 5.41) is 43.2. The number of piperazine rings is 1. The second kappa shape index (κ2) is 17.1. The number of aliphatic hydroxyl groups is 1. The molecule has 1 fully saturated rings. The summed E-state index contributed by atoms with van der Waals surface area (Å²) in [5.41, 5.74) is 0. The summed E-state index contributed by atoms with van der Waals surface area (Å²) < 4.78 is 29.6. The van der Waals surface area contributed by atoms with Crippen LogP contribution < -0.4 is 0 Å². The van der Waals surface area contributed by atoms with Gasteiger partial charge in [0.15, 0.2) is 0 Å². The van der Waals surface area contributed by atoms with Crippen LogP contribution in [0.4, 0.5) is 0 Å². The predicted octanol–water partition coefficient (Wildman–Crippen LogP) is -3.59. The summed E-state index contributed by atoms with van der Waals surface area (Å²) >= 11 is 0. The van der Waals surface area contributed by atoms with Crippen LogP contribution in [0.25, 0.3) is 0 Å². The molecule has 0 radical (unpaired) electrons. The Kier molecular flexibility index (Phi) is 15.9. The number of carboxylic acid groups (broad SMARTS) is 4. The van der Waals surface area contributed by atoms with Gasteiger partial charge in [-0.2, -0.15) is 8.42 Å². The first kappa shape index (κ1) is 32.6. The van der Waals surface area contributed by atoms with Crippen molar-refractivity contribution in [2.24, 2.45) is 0 Å². The molecule has 0 aromatic heterocycles. The first-order chi connectivity index (χ1) is 16.2. The summed E-state index contributed by atoms with van der Waals surface area (Å²) in [7, 11) is -3.84. The molecule has 0 aromatic rings. The minimum absolute atomic E-state index is 0.0703. The molecule has 1 rings (SSSR count). The Morgan fingerprint density at radius 3 is 1.23 bits per heavy atom. The number of aliphatic carboxylic acids is 4. The van der Waals surface area contributed by atoms with Gasteiger partial charge in [0, 0.05) is 52.4 Å². The van der Waals surface area contributed by atoms with E-state index in [0.29, 0.717) is 13.1 Å². The van der Waals surface area contributed by atoms with Gasteiger partial charge in [0.2, 0.25) is 0 Å². The van der Waals surface area contributed by atoms with E-state index in [-0.39, 0.29) is 25.4 Å². The SMILES string of the molecule is O=C(O)CN(CCN(CC(=O)O)CC(=O)O)CC(=O)O.O=S(=O)(O)CCN1CCN(CCO)CC1. The van der Waals surface area contributed by atoms with Gasteiger partial charge in [-0.05, 0) is 0 Å². The van der Waals surface area contributed by atoms with Crippen molar-refractivity contribution in [1.82, 2.24) is 19.6 Å². The van der Waals surface area contributed by atoms with Crippen LogP contribution in [0.2, 0.25) is 0 Å². The van der Waals surface area contributed by atoms with Crippen molar-refractivity contribution in [3.05, 3.63) is 0 Å². The van der Waals surface area contributed by atoms with Crippen molar-refractivity contribution < 1.29 is 57.7 Å². The zero-order valence-corrected chi connectivity index (χ0v) is 20.0. The number of hydrogen-bond acceptors (Lipinski definition) is 11. The lowest BCUT2D eigenvalue weighted by molar-refractivity contribution is -0.145. The predicted molar refractivity (Wildman–Crippen MR) is 120 cm³/mol. The average molecular weight is 531 g/mol. The average Bonchev–Trinajstić information content (AvgIpc) is 2.70. The fourth-order valence-corrected chi connectivity index (χ4v) is 3.59. The maximum Gasteiger partial charge on any atom is 0.317 e. The van der Waals surface area contributed by atoms with Gasteiger partial charge in [-0.1, -0.05) is 0 Å². The molecule has 204 valence electrons. The zero-order valence-electron chi connectivity index (χ0n) is 19.2. The van der Waals surface area contributed by atoms with Crippen LogP contribution in [0.15, 0.2) is 0 Å². The van der Waals surface area contributed by atoms with Crippen LogP contribution in [0.3, 0.4) is 0 Å². The van der Waals surface area contributed by atoms with Crippen molar-refractivity contribution in [1.29, 1.82) is 0 Å². The van der Waals surface area contributed by atoms with Crippen LogP contribution in [0.5, 0.6) is 0 Å². The quantitative estimate of drug-likeness (QED) is 0.106. The molecule has 35 heavy (non-hydrogen) atoms. The molecule has 1 heterocycles. The first-order valence-electron chi connectivity index (χ1n) is 10.5. The first-order valence-corrected chi connectivity index (χ1v) is 12.1. The molecule has 0 amide bonds. The number of carboxylic acids is 4. The van der Waals surface area contributed by atoms with Gasteiger partial charge in [0.05, 0.1) is 38.5 Å². The summed E-state index contributed by atoms with van der Waals surface area (Å²) in [6.45, 7) is 2.21. The van der Waals surface area contributed by atoms with Gasteiger partial charge in [-0.15, -0.1) is 0 Å². The molecule has 0 spiro atoms.